The Morgan fingerprint density at radius 2 is 1.68 bits per heavy atom. The summed E-state index contributed by atoms with van der Waals surface area (Å²) in [6, 6.07) is 11.4. The monoisotopic (exact) mass is 360 g/mol. The smallest absolute Gasteiger partial charge is 0.264 e. The van der Waals surface area contributed by atoms with Gasteiger partial charge in [-0.2, -0.15) is 0 Å². The number of hydrogen-bond donors (Lipinski definition) is 1. The third-order valence-electron chi connectivity index (χ3n) is 3.34. The molecule has 1 N–H and O–H groups in total. The fourth-order valence-corrected chi connectivity index (χ4v) is 3.01. The minimum Gasteiger partial charge on any atom is -0.484 e. The molecule has 0 spiro atoms. The summed E-state index contributed by atoms with van der Waals surface area (Å²) in [4.78, 5) is 17.2. The van der Waals surface area contributed by atoms with Crippen LogP contribution in [0.5, 0.6) is 5.75 Å². The molecular formula is C18H14F2N2O2S. The summed E-state index contributed by atoms with van der Waals surface area (Å²) in [5.74, 6) is -0.658. The van der Waals surface area contributed by atoms with Crippen molar-refractivity contribution in [3.63, 3.8) is 0 Å². The summed E-state index contributed by atoms with van der Waals surface area (Å²) < 4.78 is 31.1. The normalized spacial score (nSPS) is 10.5. The van der Waals surface area contributed by atoms with E-state index < -0.39 is 0 Å². The number of thiazole rings is 1. The second-order valence-corrected chi connectivity index (χ2v) is 6.42. The van der Waals surface area contributed by atoms with Crippen LogP contribution in [-0.2, 0) is 4.79 Å². The highest BCUT2D eigenvalue weighted by Crippen LogP contribution is 2.30. The van der Waals surface area contributed by atoms with E-state index in [9.17, 15) is 13.6 Å². The molecule has 1 amide bonds. The van der Waals surface area contributed by atoms with Crippen LogP contribution in [0.2, 0.25) is 0 Å². The van der Waals surface area contributed by atoms with Crippen LogP contribution >= 0.6 is 11.3 Å². The fourth-order valence-electron chi connectivity index (χ4n) is 2.16. The number of anilines is 1. The minimum atomic E-state index is -0.372. The number of nitrogens with zero attached hydrogens (tertiary/aromatic N) is 1. The van der Waals surface area contributed by atoms with Crippen LogP contribution in [0.15, 0.2) is 48.5 Å². The van der Waals surface area contributed by atoms with E-state index in [0.717, 1.165) is 10.4 Å². The molecule has 0 atom stereocenters. The van der Waals surface area contributed by atoms with Crippen molar-refractivity contribution in [1.82, 2.24) is 4.98 Å². The molecule has 0 bridgehead atoms. The molecule has 128 valence electrons. The zero-order valence-corrected chi connectivity index (χ0v) is 14.1. The molecule has 1 heterocycles. The van der Waals surface area contributed by atoms with Crippen LogP contribution in [0.1, 0.15) is 4.88 Å². The van der Waals surface area contributed by atoms with Gasteiger partial charge in [0.1, 0.15) is 17.4 Å². The summed E-state index contributed by atoms with van der Waals surface area (Å²) in [6.07, 6.45) is 0. The molecule has 0 aliphatic carbocycles. The van der Waals surface area contributed by atoms with Crippen molar-refractivity contribution in [1.29, 1.82) is 0 Å². The van der Waals surface area contributed by atoms with Gasteiger partial charge in [-0.1, -0.05) is 0 Å². The molecule has 25 heavy (non-hydrogen) atoms. The fraction of sp³-hybridized carbons (Fsp3) is 0.111. The standard InChI is InChI=1S/C18H14F2N2O2S/c1-11-17(12-2-4-13(19)5-3-12)22-18(25-11)21-16(23)10-24-15-8-6-14(20)7-9-15/h2-9H,10H2,1H3,(H,21,22,23). The molecule has 3 aromatic rings. The predicted molar refractivity (Wildman–Crippen MR) is 92.8 cm³/mol. The quantitative estimate of drug-likeness (QED) is 0.733. The molecule has 0 unspecified atom stereocenters. The van der Waals surface area contributed by atoms with Gasteiger partial charge in [0, 0.05) is 10.4 Å². The van der Waals surface area contributed by atoms with Crippen LogP contribution in [0.3, 0.4) is 0 Å². The van der Waals surface area contributed by atoms with Crippen molar-refractivity contribution in [2.75, 3.05) is 11.9 Å². The van der Waals surface area contributed by atoms with Crippen molar-refractivity contribution < 1.29 is 18.3 Å². The van der Waals surface area contributed by atoms with E-state index in [0.29, 0.717) is 16.6 Å². The maximum atomic E-state index is 13.0. The maximum absolute atomic E-state index is 13.0. The summed E-state index contributed by atoms with van der Waals surface area (Å²) in [7, 11) is 0. The van der Waals surface area contributed by atoms with Crippen molar-refractivity contribution >= 4 is 22.4 Å². The summed E-state index contributed by atoms with van der Waals surface area (Å²) in [6.45, 7) is 1.66. The second-order valence-electron chi connectivity index (χ2n) is 5.22. The second kappa shape index (κ2) is 7.40. The Morgan fingerprint density at radius 1 is 1.08 bits per heavy atom. The van der Waals surface area contributed by atoms with Gasteiger partial charge in [0.05, 0.1) is 5.69 Å². The highest BCUT2D eigenvalue weighted by Gasteiger charge is 2.12. The van der Waals surface area contributed by atoms with Gasteiger partial charge in [-0.3, -0.25) is 10.1 Å². The van der Waals surface area contributed by atoms with E-state index >= 15 is 0 Å². The zero-order valence-electron chi connectivity index (χ0n) is 13.3. The molecule has 3 rings (SSSR count). The zero-order chi connectivity index (χ0) is 17.8. The Hall–Kier alpha value is -2.80. The van der Waals surface area contributed by atoms with Crippen LogP contribution in [0.4, 0.5) is 13.9 Å². The van der Waals surface area contributed by atoms with Gasteiger partial charge < -0.3 is 4.74 Å². The number of rotatable bonds is 5. The Bertz CT molecular complexity index is 877. The van der Waals surface area contributed by atoms with E-state index in [1.165, 1.54) is 47.7 Å². The molecule has 0 aliphatic rings. The topological polar surface area (TPSA) is 51.2 Å². The Labute approximate surface area is 147 Å². The van der Waals surface area contributed by atoms with Crippen LogP contribution in [0.25, 0.3) is 11.3 Å². The number of ether oxygens (including phenoxy) is 1. The lowest BCUT2D eigenvalue weighted by molar-refractivity contribution is -0.118. The van der Waals surface area contributed by atoms with Crippen LogP contribution < -0.4 is 10.1 Å². The van der Waals surface area contributed by atoms with Crippen molar-refractivity contribution in [2.24, 2.45) is 0 Å². The van der Waals surface area contributed by atoms with Crippen molar-refractivity contribution in [3.05, 3.63) is 65.0 Å². The Kier molecular flexibility index (Phi) is 5.04. The first-order valence-corrected chi connectivity index (χ1v) is 8.24. The number of aryl methyl sites for hydroxylation is 1. The Morgan fingerprint density at radius 3 is 2.32 bits per heavy atom. The predicted octanol–water partition coefficient (Wildman–Crippen LogP) is 4.41. The molecule has 0 aliphatic heterocycles. The van der Waals surface area contributed by atoms with E-state index in [-0.39, 0.29) is 24.1 Å². The molecule has 0 radical (unpaired) electrons. The van der Waals surface area contributed by atoms with E-state index in [4.69, 9.17) is 4.74 Å². The number of aromatic nitrogens is 1. The molecule has 2 aromatic carbocycles. The largest absolute Gasteiger partial charge is 0.484 e. The first-order chi connectivity index (χ1) is 12.0. The highest BCUT2D eigenvalue weighted by molar-refractivity contribution is 7.16. The van der Waals surface area contributed by atoms with Crippen LogP contribution in [-0.4, -0.2) is 17.5 Å². The van der Waals surface area contributed by atoms with Gasteiger partial charge in [-0.25, -0.2) is 13.8 Å². The minimum absolute atomic E-state index is 0.212. The van der Waals surface area contributed by atoms with Crippen molar-refractivity contribution in [3.8, 4) is 17.0 Å². The summed E-state index contributed by atoms with van der Waals surface area (Å²) in [5, 5.41) is 3.10. The first kappa shape index (κ1) is 17.0. The number of carbonyl (C=O) groups is 1. The van der Waals surface area contributed by atoms with E-state index in [1.54, 1.807) is 12.1 Å². The van der Waals surface area contributed by atoms with Gasteiger partial charge >= 0.3 is 0 Å². The van der Waals surface area contributed by atoms with Gasteiger partial charge in [0.25, 0.3) is 5.91 Å². The average molecular weight is 360 g/mol. The first-order valence-electron chi connectivity index (χ1n) is 7.43. The summed E-state index contributed by atoms with van der Waals surface area (Å²) in [5.41, 5.74) is 1.47. The third-order valence-corrected chi connectivity index (χ3v) is 4.23. The number of carbonyl (C=O) groups excluding carboxylic acids is 1. The number of amides is 1. The lowest BCUT2D eigenvalue weighted by Crippen LogP contribution is -2.20. The highest BCUT2D eigenvalue weighted by atomic mass is 32.1. The maximum Gasteiger partial charge on any atom is 0.264 e. The molecule has 0 saturated heterocycles. The number of hydrogen-bond acceptors (Lipinski definition) is 4. The van der Waals surface area contributed by atoms with E-state index in [1.807, 2.05) is 6.92 Å². The van der Waals surface area contributed by atoms with Crippen molar-refractivity contribution in [2.45, 2.75) is 6.92 Å². The van der Waals surface area contributed by atoms with E-state index in [2.05, 4.69) is 10.3 Å². The average Bonchev–Trinajstić information content (AvgIpc) is 2.95. The van der Waals surface area contributed by atoms with Crippen LogP contribution in [0, 0.1) is 18.6 Å². The summed E-state index contributed by atoms with van der Waals surface area (Å²) >= 11 is 1.32. The molecule has 4 nitrogen and oxygen atoms in total. The molecule has 0 fully saturated rings. The SMILES string of the molecule is Cc1sc(NC(=O)COc2ccc(F)cc2)nc1-c1ccc(F)cc1. The van der Waals surface area contributed by atoms with Gasteiger partial charge in [-0.15, -0.1) is 11.3 Å². The third kappa shape index (κ3) is 4.39. The lowest BCUT2D eigenvalue weighted by Gasteiger charge is -2.05. The number of benzene rings is 2. The molecule has 0 saturated carbocycles. The number of halogens is 2. The number of nitrogens with one attached hydrogen (secondary N) is 1. The van der Waals surface area contributed by atoms with Gasteiger partial charge in [-0.05, 0) is 55.5 Å². The molecule has 7 heteroatoms. The molecular weight excluding hydrogens is 346 g/mol. The van der Waals surface area contributed by atoms with Gasteiger partial charge in [0.2, 0.25) is 0 Å². The molecule has 1 aromatic heterocycles. The lowest BCUT2D eigenvalue weighted by atomic mass is 10.1. The van der Waals surface area contributed by atoms with Gasteiger partial charge in [0.15, 0.2) is 11.7 Å². The Balaban J connectivity index is 1.62.